The Hall–Kier alpha value is -0.193. The Morgan fingerprint density at radius 2 is 1.78 bits per heavy atom. The minimum Gasteiger partial charge on any atom is -0.408 e. The summed E-state index contributed by atoms with van der Waals surface area (Å²) in [5.74, 6) is 0. The minimum absolute atomic E-state index is 0.376. The van der Waals surface area contributed by atoms with Crippen LogP contribution in [0.5, 0.6) is 0 Å². The van der Waals surface area contributed by atoms with Crippen LogP contribution < -0.4 is 0 Å². The molecule has 0 aliphatic carbocycles. The summed E-state index contributed by atoms with van der Waals surface area (Å²) in [6.07, 6.45) is 7.04. The fourth-order valence-corrected chi connectivity index (χ4v) is 5.39. The van der Waals surface area contributed by atoms with Gasteiger partial charge in [-0.15, -0.1) is 0 Å². The lowest BCUT2D eigenvalue weighted by atomic mass is 10.0. The molecule has 0 saturated heterocycles. The molecule has 2 nitrogen and oxygen atoms in total. The molecule has 0 aliphatic rings. The van der Waals surface area contributed by atoms with Gasteiger partial charge in [0.05, 0.1) is 5.60 Å². The Kier molecular flexibility index (Phi) is 8.74. The Morgan fingerprint density at radius 3 is 2.17 bits per heavy atom. The lowest BCUT2D eigenvalue weighted by molar-refractivity contribution is -0.104. The van der Waals surface area contributed by atoms with Crippen molar-refractivity contribution in [3.05, 3.63) is 23.2 Å². The summed E-state index contributed by atoms with van der Waals surface area (Å²) in [6.45, 7) is 8.69. The van der Waals surface area contributed by atoms with Crippen LogP contribution in [0.1, 0.15) is 34.1 Å². The third-order valence-corrected chi connectivity index (χ3v) is 8.66. The average molecular weight is 333 g/mol. The highest BCUT2D eigenvalue weighted by atomic mass is 79.9. The van der Waals surface area contributed by atoms with Gasteiger partial charge in [0, 0.05) is 0 Å². The summed E-state index contributed by atoms with van der Waals surface area (Å²) in [7, 11) is -1.67. The van der Waals surface area contributed by atoms with Crippen LogP contribution in [0.3, 0.4) is 0 Å². The standard InChI is InChI=1S/C14H25BrO2Si/c1-5-18(6-2,7-3)17-14(4,10-8-12-15)11-9-13-16/h8-9,11-13H,5-7,10H2,1-4H3/b11-9+,12-8+/t14-/m1/s1. The quantitative estimate of drug-likeness (QED) is 0.343. The molecule has 4 heteroatoms. The molecule has 0 fully saturated rings. The molecule has 1 atom stereocenters. The first-order valence-electron chi connectivity index (χ1n) is 6.59. The molecule has 0 aromatic carbocycles. The van der Waals surface area contributed by atoms with Crippen LogP contribution >= 0.6 is 15.9 Å². The zero-order valence-electron chi connectivity index (χ0n) is 11.9. The van der Waals surface area contributed by atoms with Gasteiger partial charge in [0.15, 0.2) is 8.32 Å². The lowest BCUT2D eigenvalue weighted by Crippen LogP contribution is -2.44. The SMILES string of the molecule is CC[Si](CC)(CC)O[C@@](C)(/C=C/C=O)C/C=C/Br. The van der Waals surface area contributed by atoms with Gasteiger partial charge < -0.3 is 4.43 Å². The molecule has 0 rings (SSSR count). The van der Waals surface area contributed by atoms with Gasteiger partial charge in [-0.1, -0.05) is 48.9 Å². The van der Waals surface area contributed by atoms with Crippen molar-refractivity contribution < 1.29 is 9.22 Å². The highest BCUT2D eigenvalue weighted by molar-refractivity contribution is 9.11. The fourth-order valence-electron chi connectivity index (χ4n) is 2.13. The molecule has 18 heavy (non-hydrogen) atoms. The Labute approximate surface area is 121 Å². The third-order valence-electron chi connectivity index (χ3n) is 3.52. The Bertz CT molecular complexity index is 290. The number of allylic oxidation sites excluding steroid dienone is 1. The zero-order chi connectivity index (χ0) is 14.1. The maximum atomic E-state index is 10.5. The topological polar surface area (TPSA) is 26.3 Å². The number of aldehydes is 1. The normalized spacial score (nSPS) is 16.3. The molecule has 0 heterocycles. The summed E-state index contributed by atoms with van der Waals surface area (Å²) in [5, 5.41) is 0. The zero-order valence-corrected chi connectivity index (χ0v) is 14.5. The Morgan fingerprint density at radius 1 is 1.22 bits per heavy atom. The number of halogens is 1. The number of hydrogen-bond donors (Lipinski definition) is 0. The molecule has 0 N–H and O–H groups in total. The summed E-state index contributed by atoms with van der Waals surface area (Å²) >= 11 is 3.28. The smallest absolute Gasteiger partial charge is 0.193 e. The molecule has 104 valence electrons. The van der Waals surface area contributed by atoms with Crippen molar-refractivity contribution in [3.8, 4) is 0 Å². The van der Waals surface area contributed by atoms with Crippen LogP contribution in [0.15, 0.2) is 23.2 Å². The maximum absolute atomic E-state index is 10.5. The van der Waals surface area contributed by atoms with Gasteiger partial charge in [-0.25, -0.2) is 0 Å². The number of rotatable bonds is 9. The van der Waals surface area contributed by atoms with Gasteiger partial charge in [-0.2, -0.15) is 0 Å². The molecule has 0 aromatic rings. The predicted octanol–water partition coefficient (Wildman–Crippen LogP) is 4.82. The molecule has 0 spiro atoms. The molecular weight excluding hydrogens is 308 g/mol. The van der Waals surface area contributed by atoms with Gasteiger partial charge in [0.25, 0.3) is 0 Å². The summed E-state index contributed by atoms with van der Waals surface area (Å²) < 4.78 is 6.50. The van der Waals surface area contributed by atoms with E-state index in [2.05, 4.69) is 43.6 Å². The minimum atomic E-state index is -1.67. The highest BCUT2D eigenvalue weighted by Gasteiger charge is 2.36. The van der Waals surface area contributed by atoms with Crippen molar-refractivity contribution in [2.45, 2.75) is 57.8 Å². The van der Waals surface area contributed by atoms with Crippen LogP contribution in [0.25, 0.3) is 0 Å². The second kappa shape index (κ2) is 8.83. The van der Waals surface area contributed by atoms with Crippen LogP contribution in [0.2, 0.25) is 18.1 Å². The molecule has 0 aliphatic heterocycles. The van der Waals surface area contributed by atoms with E-state index in [1.54, 1.807) is 6.08 Å². The van der Waals surface area contributed by atoms with E-state index in [-0.39, 0.29) is 5.60 Å². The van der Waals surface area contributed by atoms with Crippen LogP contribution in [0, 0.1) is 0 Å². The van der Waals surface area contributed by atoms with E-state index in [1.165, 1.54) is 0 Å². The van der Waals surface area contributed by atoms with Crippen molar-refractivity contribution in [1.29, 1.82) is 0 Å². The summed E-state index contributed by atoms with van der Waals surface area (Å²) in [4.78, 5) is 12.4. The van der Waals surface area contributed by atoms with Gasteiger partial charge >= 0.3 is 0 Å². The predicted molar refractivity (Wildman–Crippen MR) is 84.6 cm³/mol. The van der Waals surface area contributed by atoms with Crippen LogP contribution in [0.4, 0.5) is 0 Å². The van der Waals surface area contributed by atoms with E-state index in [1.807, 2.05) is 17.1 Å². The fraction of sp³-hybridized carbons (Fsp3) is 0.643. The molecule has 0 aromatic heterocycles. The first-order valence-corrected chi connectivity index (χ1v) is 10.0. The molecule has 0 amide bonds. The second-order valence-corrected chi connectivity index (χ2v) is 9.94. The van der Waals surface area contributed by atoms with Crippen molar-refractivity contribution in [1.82, 2.24) is 0 Å². The summed E-state index contributed by atoms with van der Waals surface area (Å²) in [6, 6.07) is 3.34. The first-order chi connectivity index (χ1) is 8.51. The van der Waals surface area contributed by atoms with E-state index in [4.69, 9.17) is 4.43 Å². The van der Waals surface area contributed by atoms with Crippen molar-refractivity contribution in [2.75, 3.05) is 0 Å². The summed E-state index contributed by atoms with van der Waals surface area (Å²) in [5.41, 5.74) is -0.376. The van der Waals surface area contributed by atoms with Crippen molar-refractivity contribution in [2.24, 2.45) is 0 Å². The van der Waals surface area contributed by atoms with E-state index >= 15 is 0 Å². The van der Waals surface area contributed by atoms with Gasteiger partial charge in [0.2, 0.25) is 0 Å². The second-order valence-electron chi connectivity index (χ2n) is 4.72. The van der Waals surface area contributed by atoms with Crippen LogP contribution in [-0.2, 0) is 9.22 Å². The van der Waals surface area contributed by atoms with Gasteiger partial charge in [0.1, 0.15) is 6.29 Å². The first kappa shape index (κ1) is 17.8. The molecule has 0 unspecified atom stereocenters. The van der Waals surface area contributed by atoms with E-state index < -0.39 is 8.32 Å². The third kappa shape index (κ3) is 5.63. The number of hydrogen-bond acceptors (Lipinski definition) is 2. The van der Waals surface area contributed by atoms with Gasteiger partial charge in [-0.05, 0) is 42.5 Å². The number of carbonyl (C=O) groups is 1. The number of carbonyl (C=O) groups excluding carboxylic acids is 1. The van der Waals surface area contributed by atoms with Crippen molar-refractivity contribution >= 4 is 30.5 Å². The van der Waals surface area contributed by atoms with Crippen molar-refractivity contribution in [3.63, 3.8) is 0 Å². The van der Waals surface area contributed by atoms with E-state index in [9.17, 15) is 4.79 Å². The van der Waals surface area contributed by atoms with Gasteiger partial charge in [-0.3, -0.25) is 4.79 Å². The molecule has 0 radical (unpaired) electrons. The van der Waals surface area contributed by atoms with E-state index in [0.29, 0.717) is 0 Å². The monoisotopic (exact) mass is 332 g/mol. The van der Waals surface area contributed by atoms with Crippen LogP contribution in [-0.4, -0.2) is 20.2 Å². The largest absolute Gasteiger partial charge is 0.408 e. The lowest BCUT2D eigenvalue weighted by Gasteiger charge is -2.38. The molecule has 0 saturated carbocycles. The molecular formula is C14H25BrO2Si. The van der Waals surface area contributed by atoms with E-state index in [0.717, 1.165) is 30.8 Å². The Balaban J connectivity index is 5.07. The average Bonchev–Trinajstić information content (AvgIpc) is 2.41. The molecule has 0 bridgehead atoms. The maximum Gasteiger partial charge on any atom is 0.193 e. The highest BCUT2D eigenvalue weighted by Crippen LogP contribution is 2.31.